The molecule has 1 aliphatic heterocycles. The number of aromatic nitrogens is 3. The molecular formula is C29H30N6O3. The largest absolute Gasteiger partial charge is 0.462 e. The zero-order chi connectivity index (χ0) is 26.1. The number of benzene rings is 2. The summed E-state index contributed by atoms with van der Waals surface area (Å²) in [6.07, 6.45) is 6.23. The summed E-state index contributed by atoms with van der Waals surface area (Å²) in [7, 11) is 0. The summed E-state index contributed by atoms with van der Waals surface area (Å²) in [4.78, 5) is 37.4. The van der Waals surface area contributed by atoms with Gasteiger partial charge < -0.3 is 24.8 Å². The zero-order valence-electron chi connectivity index (χ0n) is 21.4. The van der Waals surface area contributed by atoms with E-state index < -0.39 is 11.4 Å². The maximum absolute atomic E-state index is 13.2. The summed E-state index contributed by atoms with van der Waals surface area (Å²) in [5, 5.41) is 6.89. The third-order valence-electron chi connectivity index (χ3n) is 7.21. The number of carbonyl (C=O) groups excluding carboxylic acids is 1. The van der Waals surface area contributed by atoms with E-state index in [9.17, 15) is 9.59 Å². The minimum Gasteiger partial charge on any atom is -0.462 e. The van der Waals surface area contributed by atoms with Crippen molar-refractivity contribution in [3.8, 4) is 5.69 Å². The first kappa shape index (κ1) is 24.1. The molecule has 9 heteroatoms. The van der Waals surface area contributed by atoms with Gasteiger partial charge in [-0.3, -0.25) is 4.79 Å². The fourth-order valence-electron chi connectivity index (χ4n) is 5.24. The van der Waals surface area contributed by atoms with Gasteiger partial charge in [0.2, 0.25) is 11.4 Å². The van der Waals surface area contributed by atoms with Gasteiger partial charge in [-0.25, -0.2) is 9.78 Å². The third kappa shape index (κ3) is 4.61. The second-order valence-electron chi connectivity index (χ2n) is 9.61. The minimum absolute atomic E-state index is 0.0346. The normalized spacial score (nSPS) is 14.9. The van der Waals surface area contributed by atoms with Crippen molar-refractivity contribution in [2.75, 3.05) is 43.0 Å². The van der Waals surface area contributed by atoms with Gasteiger partial charge in [-0.1, -0.05) is 6.07 Å². The lowest BCUT2D eigenvalue weighted by Gasteiger charge is -2.29. The maximum Gasteiger partial charge on any atom is 0.343 e. The van der Waals surface area contributed by atoms with Crippen molar-refractivity contribution in [2.45, 2.75) is 26.2 Å². The summed E-state index contributed by atoms with van der Waals surface area (Å²) in [6.45, 7) is 5.82. The number of esters is 1. The number of nitrogens with zero attached hydrogens (tertiary/aromatic N) is 4. The van der Waals surface area contributed by atoms with E-state index in [1.54, 1.807) is 17.7 Å². The minimum atomic E-state index is -0.652. The van der Waals surface area contributed by atoms with Crippen LogP contribution in [0.15, 0.2) is 59.7 Å². The van der Waals surface area contributed by atoms with Crippen molar-refractivity contribution in [3.63, 3.8) is 0 Å². The Morgan fingerprint density at radius 3 is 2.61 bits per heavy atom. The van der Waals surface area contributed by atoms with E-state index in [1.165, 1.54) is 23.0 Å². The fourth-order valence-corrected chi connectivity index (χ4v) is 5.24. The van der Waals surface area contributed by atoms with E-state index in [2.05, 4.69) is 44.8 Å². The molecule has 2 N–H and O–H groups in total. The monoisotopic (exact) mass is 510 g/mol. The molecule has 4 aromatic rings. The summed E-state index contributed by atoms with van der Waals surface area (Å²) >= 11 is 0. The Morgan fingerprint density at radius 2 is 1.82 bits per heavy atom. The molecule has 1 aliphatic carbocycles. The number of hydrogen-bond donors (Lipinski definition) is 2. The SMILES string of the molecule is CCOC(=O)c1cn(-c2ccc3c(c2)CCC3)c2nc(Nc3ccc(N4CCNCC4)cc3)ncc2c1=O. The quantitative estimate of drug-likeness (QED) is 0.380. The number of ether oxygens (including phenoxy) is 1. The number of fused-ring (bicyclic) bond motifs is 2. The van der Waals surface area contributed by atoms with Crippen molar-refractivity contribution in [2.24, 2.45) is 0 Å². The molecule has 2 aliphatic rings. The van der Waals surface area contributed by atoms with Gasteiger partial charge in [-0.2, -0.15) is 4.98 Å². The highest BCUT2D eigenvalue weighted by Crippen LogP contribution is 2.27. The van der Waals surface area contributed by atoms with Gasteiger partial charge in [0.05, 0.1) is 12.0 Å². The number of rotatable bonds is 6. The number of anilines is 3. The molecular weight excluding hydrogens is 480 g/mol. The predicted octanol–water partition coefficient (Wildman–Crippen LogP) is 3.60. The van der Waals surface area contributed by atoms with Crippen molar-refractivity contribution >= 4 is 34.3 Å². The van der Waals surface area contributed by atoms with E-state index in [-0.39, 0.29) is 17.6 Å². The number of carbonyl (C=O) groups is 1. The lowest BCUT2D eigenvalue weighted by atomic mass is 10.1. The van der Waals surface area contributed by atoms with Crippen LogP contribution in [0.5, 0.6) is 0 Å². The topological polar surface area (TPSA) is 101 Å². The highest BCUT2D eigenvalue weighted by Gasteiger charge is 2.20. The number of aryl methyl sites for hydroxylation is 2. The Kier molecular flexibility index (Phi) is 6.51. The van der Waals surface area contributed by atoms with Crippen LogP contribution in [0, 0.1) is 0 Å². The molecule has 0 unspecified atom stereocenters. The fraction of sp³-hybridized carbons (Fsp3) is 0.310. The molecule has 0 radical (unpaired) electrons. The summed E-state index contributed by atoms with van der Waals surface area (Å²) in [5.41, 5.74) is 5.43. The van der Waals surface area contributed by atoms with Gasteiger partial charge in [-0.15, -0.1) is 0 Å². The summed E-state index contributed by atoms with van der Waals surface area (Å²) in [6, 6.07) is 14.4. The highest BCUT2D eigenvalue weighted by atomic mass is 16.5. The number of piperazine rings is 1. The van der Waals surface area contributed by atoms with Gasteiger partial charge in [0, 0.05) is 55.6 Å². The van der Waals surface area contributed by atoms with Crippen LogP contribution < -0.4 is 21.0 Å². The van der Waals surface area contributed by atoms with E-state index >= 15 is 0 Å². The average molecular weight is 511 g/mol. The first-order chi connectivity index (χ1) is 18.6. The smallest absolute Gasteiger partial charge is 0.343 e. The molecule has 0 atom stereocenters. The van der Waals surface area contributed by atoms with E-state index in [1.807, 2.05) is 18.2 Å². The maximum atomic E-state index is 13.2. The van der Waals surface area contributed by atoms with Crippen LogP contribution in [0.25, 0.3) is 16.7 Å². The van der Waals surface area contributed by atoms with E-state index in [4.69, 9.17) is 9.72 Å². The molecule has 0 saturated carbocycles. The van der Waals surface area contributed by atoms with Crippen LogP contribution in [0.1, 0.15) is 34.8 Å². The summed E-state index contributed by atoms with van der Waals surface area (Å²) < 4.78 is 6.96. The second-order valence-corrected chi connectivity index (χ2v) is 9.61. The second kappa shape index (κ2) is 10.3. The van der Waals surface area contributed by atoms with Crippen molar-refractivity contribution < 1.29 is 9.53 Å². The predicted molar refractivity (Wildman–Crippen MR) is 148 cm³/mol. The Balaban J connectivity index is 1.39. The number of nitrogens with one attached hydrogen (secondary N) is 2. The molecule has 9 nitrogen and oxygen atoms in total. The standard InChI is InChI=1S/C29H30N6O3/c1-2-38-28(37)25-18-35(23-9-6-19-4-3-5-20(19)16-23)27-24(26(25)36)17-31-29(33-27)32-21-7-10-22(11-8-21)34-14-12-30-13-15-34/h6-11,16-18,30H,2-5,12-15H2,1H3,(H,31,32,33). The van der Waals surface area contributed by atoms with Crippen LogP contribution in [0.4, 0.5) is 17.3 Å². The van der Waals surface area contributed by atoms with E-state index in [0.717, 1.165) is 56.8 Å². The molecule has 0 spiro atoms. The molecule has 1 fully saturated rings. The van der Waals surface area contributed by atoms with Gasteiger partial charge in [-0.05, 0) is 73.7 Å². The van der Waals surface area contributed by atoms with Crippen molar-refractivity contribution in [3.05, 3.63) is 81.8 Å². The molecule has 38 heavy (non-hydrogen) atoms. The van der Waals surface area contributed by atoms with Gasteiger partial charge in [0.25, 0.3) is 0 Å². The van der Waals surface area contributed by atoms with Gasteiger partial charge in [0.15, 0.2) is 5.65 Å². The number of pyridine rings is 1. The summed E-state index contributed by atoms with van der Waals surface area (Å²) in [5.74, 6) is -0.285. The van der Waals surface area contributed by atoms with Gasteiger partial charge >= 0.3 is 5.97 Å². The van der Waals surface area contributed by atoms with E-state index in [0.29, 0.717) is 11.6 Å². The van der Waals surface area contributed by atoms with Crippen LogP contribution in [0.3, 0.4) is 0 Å². The van der Waals surface area contributed by atoms with Crippen LogP contribution in [-0.2, 0) is 17.6 Å². The molecule has 2 aromatic carbocycles. The Morgan fingerprint density at radius 1 is 1.05 bits per heavy atom. The van der Waals surface area contributed by atoms with Crippen molar-refractivity contribution in [1.82, 2.24) is 19.9 Å². The van der Waals surface area contributed by atoms with Crippen molar-refractivity contribution in [1.29, 1.82) is 0 Å². The van der Waals surface area contributed by atoms with Gasteiger partial charge in [0.1, 0.15) is 5.56 Å². The highest BCUT2D eigenvalue weighted by molar-refractivity contribution is 5.93. The molecule has 0 amide bonds. The van der Waals surface area contributed by atoms with Crippen LogP contribution in [-0.4, -0.2) is 53.3 Å². The first-order valence-electron chi connectivity index (χ1n) is 13.1. The molecule has 0 bridgehead atoms. The third-order valence-corrected chi connectivity index (χ3v) is 7.21. The lowest BCUT2D eigenvalue weighted by molar-refractivity contribution is 0.0524. The molecule has 2 aromatic heterocycles. The van der Waals surface area contributed by atoms with Crippen LogP contribution in [0.2, 0.25) is 0 Å². The molecule has 3 heterocycles. The van der Waals surface area contributed by atoms with Crippen LogP contribution >= 0.6 is 0 Å². The Hall–Kier alpha value is -4.24. The molecule has 194 valence electrons. The number of hydrogen-bond acceptors (Lipinski definition) is 8. The Labute approximate surface area is 220 Å². The Bertz CT molecular complexity index is 1560. The average Bonchev–Trinajstić information content (AvgIpc) is 3.42. The molecule has 1 saturated heterocycles. The zero-order valence-corrected chi connectivity index (χ0v) is 21.4. The lowest BCUT2D eigenvalue weighted by Crippen LogP contribution is -2.43. The molecule has 6 rings (SSSR count). The first-order valence-corrected chi connectivity index (χ1v) is 13.1.